The smallest absolute Gasteiger partial charge is 0.119 e. The van der Waals surface area contributed by atoms with Gasteiger partial charge in [0.15, 0.2) is 0 Å². The van der Waals surface area contributed by atoms with Crippen LogP contribution in [-0.4, -0.2) is 74.7 Å². The van der Waals surface area contributed by atoms with Crippen molar-refractivity contribution >= 4 is 0 Å². The SMILES string of the molecule is CC.COc1ccc(C2CN(C)Cc3cc(OCCCN4CCN(C5=CC=C(C#N)CC5)CC4)ccc32)cc1. The van der Waals surface area contributed by atoms with E-state index in [0.717, 1.165) is 88.8 Å². The Morgan fingerprint density at radius 3 is 2.36 bits per heavy atom. The molecule has 2 heterocycles. The number of hydrogen-bond acceptors (Lipinski definition) is 6. The fourth-order valence-electron chi connectivity index (χ4n) is 5.76. The zero-order valence-corrected chi connectivity index (χ0v) is 24.2. The highest BCUT2D eigenvalue weighted by Crippen LogP contribution is 2.35. The van der Waals surface area contributed by atoms with Crippen LogP contribution in [0.2, 0.25) is 0 Å². The van der Waals surface area contributed by atoms with Gasteiger partial charge in [-0.05, 0) is 79.4 Å². The van der Waals surface area contributed by atoms with Crippen molar-refractivity contribution in [2.24, 2.45) is 0 Å². The van der Waals surface area contributed by atoms with Crippen molar-refractivity contribution in [3.05, 3.63) is 82.6 Å². The summed E-state index contributed by atoms with van der Waals surface area (Å²) in [6, 6.07) is 17.4. The van der Waals surface area contributed by atoms with Gasteiger partial charge in [0.25, 0.3) is 0 Å². The van der Waals surface area contributed by atoms with E-state index in [4.69, 9.17) is 14.7 Å². The predicted octanol–water partition coefficient (Wildman–Crippen LogP) is 5.81. The van der Waals surface area contributed by atoms with Gasteiger partial charge in [-0.2, -0.15) is 5.26 Å². The second-order valence-corrected chi connectivity index (χ2v) is 10.4. The molecule has 0 spiro atoms. The number of rotatable bonds is 8. The third kappa shape index (κ3) is 7.44. The second-order valence-electron chi connectivity index (χ2n) is 10.4. The monoisotopic (exact) mass is 528 g/mol. The van der Waals surface area contributed by atoms with E-state index in [2.05, 4.69) is 76.4 Å². The van der Waals surface area contributed by atoms with Gasteiger partial charge < -0.3 is 19.3 Å². The molecule has 5 rings (SSSR count). The summed E-state index contributed by atoms with van der Waals surface area (Å²) in [5.74, 6) is 2.23. The average molecular weight is 529 g/mol. The standard InChI is InChI=1S/C31H38N4O2.C2H6/c1-33-22-26-20-29(12-13-30(26)31(23-33)25-6-10-28(36-2)11-7-25)37-19-3-14-34-15-17-35(18-16-34)27-8-4-24(21-32)5-9-27;1-2/h4,6-8,10-13,20,31H,3,5,9,14-19,22-23H2,1-2H3;1-2H3. The number of nitriles is 1. The zero-order valence-electron chi connectivity index (χ0n) is 24.2. The molecule has 208 valence electrons. The number of methoxy groups -OCH3 is 1. The van der Waals surface area contributed by atoms with E-state index in [1.54, 1.807) is 7.11 Å². The van der Waals surface area contributed by atoms with E-state index in [-0.39, 0.29) is 0 Å². The first kappa shape index (κ1) is 28.7. The summed E-state index contributed by atoms with van der Waals surface area (Å²) in [4.78, 5) is 7.42. The molecule has 0 radical (unpaired) electrons. The van der Waals surface area contributed by atoms with Gasteiger partial charge >= 0.3 is 0 Å². The lowest BCUT2D eigenvalue weighted by Crippen LogP contribution is -2.46. The molecule has 0 amide bonds. The van der Waals surface area contributed by atoms with Gasteiger partial charge in [-0.15, -0.1) is 0 Å². The Hall–Kier alpha value is -3.27. The highest BCUT2D eigenvalue weighted by atomic mass is 16.5. The fourth-order valence-corrected chi connectivity index (χ4v) is 5.76. The Morgan fingerprint density at radius 1 is 0.949 bits per heavy atom. The zero-order chi connectivity index (χ0) is 27.6. The van der Waals surface area contributed by atoms with Crippen molar-refractivity contribution in [1.29, 1.82) is 5.26 Å². The lowest BCUT2D eigenvalue weighted by Gasteiger charge is -2.38. The molecule has 1 atom stereocenters. The molecular weight excluding hydrogens is 484 g/mol. The average Bonchev–Trinajstić information content (AvgIpc) is 3.00. The van der Waals surface area contributed by atoms with Crippen LogP contribution in [0.15, 0.2) is 65.9 Å². The number of nitrogens with zero attached hydrogens (tertiary/aromatic N) is 4. The van der Waals surface area contributed by atoms with Crippen molar-refractivity contribution in [1.82, 2.24) is 14.7 Å². The molecule has 0 aromatic heterocycles. The maximum absolute atomic E-state index is 9.05. The highest BCUT2D eigenvalue weighted by molar-refractivity contribution is 5.45. The number of fused-ring (bicyclic) bond motifs is 1. The lowest BCUT2D eigenvalue weighted by molar-refractivity contribution is 0.147. The van der Waals surface area contributed by atoms with Crippen molar-refractivity contribution < 1.29 is 9.47 Å². The van der Waals surface area contributed by atoms with E-state index in [9.17, 15) is 0 Å². The first-order chi connectivity index (χ1) is 19.1. The van der Waals surface area contributed by atoms with E-state index < -0.39 is 0 Å². The van der Waals surface area contributed by atoms with Crippen LogP contribution in [0.5, 0.6) is 11.5 Å². The molecule has 0 saturated carbocycles. The fraction of sp³-hybridized carbons (Fsp3) is 0.485. The van der Waals surface area contributed by atoms with Gasteiger partial charge in [-0.1, -0.05) is 32.0 Å². The Bertz CT molecular complexity index is 1170. The first-order valence-electron chi connectivity index (χ1n) is 14.5. The Morgan fingerprint density at radius 2 is 1.69 bits per heavy atom. The van der Waals surface area contributed by atoms with Gasteiger partial charge in [0.05, 0.1) is 19.8 Å². The van der Waals surface area contributed by atoms with Crippen LogP contribution in [0, 0.1) is 11.3 Å². The van der Waals surface area contributed by atoms with E-state index in [1.165, 1.54) is 22.4 Å². The van der Waals surface area contributed by atoms with Gasteiger partial charge in [0.1, 0.15) is 11.5 Å². The summed E-state index contributed by atoms with van der Waals surface area (Å²) in [6.45, 7) is 12.1. The topological polar surface area (TPSA) is 52.0 Å². The molecule has 0 N–H and O–H groups in total. The van der Waals surface area contributed by atoms with Gasteiger partial charge in [0.2, 0.25) is 0 Å². The summed E-state index contributed by atoms with van der Waals surface area (Å²) in [6.07, 6.45) is 7.02. The lowest BCUT2D eigenvalue weighted by atomic mass is 9.84. The number of benzene rings is 2. The maximum atomic E-state index is 9.05. The van der Waals surface area contributed by atoms with E-state index in [0.29, 0.717) is 5.92 Å². The number of allylic oxidation sites excluding steroid dienone is 4. The second kappa shape index (κ2) is 14.2. The number of likely N-dealkylation sites (N-methyl/N-ethyl adjacent to an activating group) is 1. The van der Waals surface area contributed by atoms with E-state index >= 15 is 0 Å². The number of hydrogen-bond donors (Lipinski definition) is 0. The summed E-state index contributed by atoms with van der Waals surface area (Å²) in [7, 11) is 3.90. The normalized spacial score (nSPS) is 19.6. The Kier molecular flexibility index (Phi) is 10.5. The summed E-state index contributed by atoms with van der Waals surface area (Å²) in [5.41, 5.74) is 6.36. The minimum absolute atomic E-state index is 0.362. The minimum atomic E-state index is 0.362. The van der Waals surface area contributed by atoms with Crippen molar-refractivity contribution in [2.75, 3.05) is 60.0 Å². The molecule has 1 fully saturated rings. The predicted molar refractivity (Wildman–Crippen MR) is 158 cm³/mol. The Balaban J connectivity index is 0.00000172. The molecule has 1 saturated heterocycles. The number of ether oxygens (including phenoxy) is 2. The van der Waals surface area contributed by atoms with Crippen LogP contribution < -0.4 is 9.47 Å². The molecule has 6 heteroatoms. The van der Waals surface area contributed by atoms with Crippen LogP contribution in [0.3, 0.4) is 0 Å². The quantitative estimate of drug-likeness (QED) is 0.403. The molecular formula is C33H44N4O2. The van der Waals surface area contributed by atoms with Gasteiger partial charge in [-0.3, -0.25) is 4.90 Å². The molecule has 1 aliphatic carbocycles. The minimum Gasteiger partial charge on any atom is -0.497 e. The molecule has 39 heavy (non-hydrogen) atoms. The third-order valence-corrected chi connectivity index (χ3v) is 7.88. The van der Waals surface area contributed by atoms with Crippen LogP contribution in [0.25, 0.3) is 0 Å². The molecule has 1 unspecified atom stereocenters. The van der Waals surface area contributed by atoms with Crippen LogP contribution in [0.4, 0.5) is 0 Å². The molecule has 2 aliphatic heterocycles. The molecule has 6 nitrogen and oxygen atoms in total. The van der Waals surface area contributed by atoms with Crippen LogP contribution in [-0.2, 0) is 6.54 Å². The highest BCUT2D eigenvalue weighted by Gasteiger charge is 2.25. The van der Waals surface area contributed by atoms with Crippen molar-refractivity contribution in [3.63, 3.8) is 0 Å². The largest absolute Gasteiger partial charge is 0.497 e. The first-order valence-corrected chi connectivity index (χ1v) is 14.5. The van der Waals surface area contributed by atoms with Crippen molar-refractivity contribution in [3.8, 4) is 17.6 Å². The van der Waals surface area contributed by atoms with Gasteiger partial charge in [-0.25, -0.2) is 0 Å². The van der Waals surface area contributed by atoms with Crippen molar-refractivity contribution in [2.45, 2.75) is 45.6 Å². The summed E-state index contributed by atoms with van der Waals surface area (Å²) < 4.78 is 11.5. The molecule has 2 aromatic rings. The molecule has 3 aliphatic rings. The van der Waals surface area contributed by atoms with E-state index in [1.807, 2.05) is 19.9 Å². The Labute approximate surface area is 235 Å². The number of piperazine rings is 1. The summed E-state index contributed by atoms with van der Waals surface area (Å²) >= 11 is 0. The van der Waals surface area contributed by atoms with Crippen LogP contribution in [0.1, 0.15) is 55.7 Å². The third-order valence-electron chi connectivity index (χ3n) is 7.88. The maximum Gasteiger partial charge on any atom is 0.119 e. The summed E-state index contributed by atoms with van der Waals surface area (Å²) in [5, 5.41) is 9.05. The molecule has 2 aromatic carbocycles. The van der Waals surface area contributed by atoms with Crippen LogP contribution >= 0.6 is 0 Å². The molecule has 0 bridgehead atoms. The van der Waals surface area contributed by atoms with Gasteiger partial charge in [0, 0.05) is 63.0 Å².